The van der Waals surface area contributed by atoms with Gasteiger partial charge in [-0.05, 0) is 24.3 Å². The Labute approximate surface area is 122 Å². The van der Waals surface area contributed by atoms with Crippen molar-refractivity contribution >= 4 is 11.6 Å². The van der Waals surface area contributed by atoms with Crippen molar-refractivity contribution in [2.24, 2.45) is 0 Å². The molecule has 4 nitrogen and oxygen atoms in total. The monoisotopic (exact) mass is 289 g/mol. The van der Waals surface area contributed by atoms with Crippen molar-refractivity contribution in [1.29, 1.82) is 0 Å². The number of anilines is 1. The van der Waals surface area contributed by atoms with E-state index in [0.717, 1.165) is 0 Å². The van der Waals surface area contributed by atoms with Gasteiger partial charge in [-0.3, -0.25) is 4.79 Å². The second-order valence-corrected chi connectivity index (χ2v) is 4.28. The van der Waals surface area contributed by atoms with Gasteiger partial charge in [0.15, 0.2) is 11.5 Å². The first kappa shape index (κ1) is 14.8. The standard InChI is InChI=1S/C16H16FNO3/c1-20-14-8-4-5-9-15(14)21-11-10-16(19)18-13-7-3-2-6-12(13)17/h2-9H,10-11H2,1H3,(H,18,19). The van der Waals surface area contributed by atoms with Crippen molar-refractivity contribution in [3.8, 4) is 11.5 Å². The van der Waals surface area contributed by atoms with Gasteiger partial charge in [0.25, 0.3) is 0 Å². The Morgan fingerprint density at radius 1 is 1.10 bits per heavy atom. The molecule has 110 valence electrons. The van der Waals surface area contributed by atoms with E-state index in [0.29, 0.717) is 11.5 Å². The summed E-state index contributed by atoms with van der Waals surface area (Å²) in [6, 6.07) is 13.2. The van der Waals surface area contributed by atoms with E-state index < -0.39 is 5.82 Å². The van der Waals surface area contributed by atoms with E-state index in [1.807, 2.05) is 12.1 Å². The third kappa shape index (κ3) is 4.21. The van der Waals surface area contributed by atoms with Crippen molar-refractivity contribution < 1.29 is 18.7 Å². The lowest BCUT2D eigenvalue weighted by Crippen LogP contribution is -2.16. The van der Waals surface area contributed by atoms with Gasteiger partial charge in [0.2, 0.25) is 5.91 Å². The Morgan fingerprint density at radius 2 is 1.76 bits per heavy atom. The molecule has 0 aliphatic heterocycles. The van der Waals surface area contributed by atoms with Crippen molar-refractivity contribution in [1.82, 2.24) is 0 Å². The highest BCUT2D eigenvalue weighted by molar-refractivity contribution is 5.90. The van der Waals surface area contributed by atoms with E-state index in [1.165, 1.54) is 12.1 Å². The molecule has 0 bridgehead atoms. The highest BCUT2D eigenvalue weighted by atomic mass is 19.1. The van der Waals surface area contributed by atoms with Crippen LogP contribution in [0.25, 0.3) is 0 Å². The first-order valence-corrected chi connectivity index (χ1v) is 6.51. The molecule has 0 aliphatic carbocycles. The highest BCUT2D eigenvalue weighted by Crippen LogP contribution is 2.25. The molecule has 0 saturated carbocycles. The van der Waals surface area contributed by atoms with E-state index >= 15 is 0 Å². The van der Waals surface area contributed by atoms with Gasteiger partial charge in [0.05, 0.1) is 25.8 Å². The quantitative estimate of drug-likeness (QED) is 0.888. The fourth-order valence-corrected chi connectivity index (χ4v) is 1.77. The molecule has 0 aromatic heterocycles. The molecular weight excluding hydrogens is 273 g/mol. The molecule has 5 heteroatoms. The normalized spacial score (nSPS) is 10.0. The molecule has 0 atom stereocenters. The number of rotatable bonds is 6. The number of amides is 1. The fourth-order valence-electron chi connectivity index (χ4n) is 1.77. The number of para-hydroxylation sites is 3. The van der Waals surface area contributed by atoms with E-state index in [9.17, 15) is 9.18 Å². The van der Waals surface area contributed by atoms with Crippen LogP contribution in [0.4, 0.5) is 10.1 Å². The molecule has 0 aliphatic rings. The number of carbonyl (C=O) groups is 1. The molecule has 2 aromatic rings. The van der Waals surface area contributed by atoms with E-state index in [-0.39, 0.29) is 24.6 Å². The summed E-state index contributed by atoms with van der Waals surface area (Å²) in [5.41, 5.74) is 0.166. The molecule has 2 rings (SSSR count). The molecule has 1 N–H and O–H groups in total. The number of nitrogens with one attached hydrogen (secondary N) is 1. The maximum absolute atomic E-state index is 13.4. The van der Waals surface area contributed by atoms with Gasteiger partial charge in [0, 0.05) is 0 Å². The largest absolute Gasteiger partial charge is 0.493 e. The van der Waals surface area contributed by atoms with Gasteiger partial charge in [-0.25, -0.2) is 4.39 Å². The van der Waals surface area contributed by atoms with Crippen LogP contribution in [0.15, 0.2) is 48.5 Å². The van der Waals surface area contributed by atoms with Crippen molar-refractivity contribution in [3.63, 3.8) is 0 Å². The predicted molar refractivity (Wildman–Crippen MR) is 78.1 cm³/mol. The number of methoxy groups -OCH3 is 1. The van der Waals surface area contributed by atoms with Crippen LogP contribution in [0, 0.1) is 5.82 Å². The lowest BCUT2D eigenvalue weighted by Gasteiger charge is -2.10. The summed E-state index contributed by atoms with van der Waals surface area (Å²) in [4.78, 5) is 11.7. The lowest BCUT2D eigenvalue weighted by atomic mass is 10.3. The average Bonchev–Trinajstić information content (AvgIpc) is 2.50. The van der Waals surface area contributed by atoms with E-state index in [4.69, 9.17) is 9.47 Å². The minimum Gasteiger partial charge on any atom is -0.493 e. The van der Waals surface area contributed by atoms with Crippen LogP contribution in [0.2, 0.25) is 0 Å². The number of carbonyl (C=O) groups excluding carboxylic acids is 1. The van der Waals surface area contributed by atoms with Gasteiger partial charge >= 0.3 is 0 Å². The molecule has 0 fully saturated rings. The summed E-state index contributed by atoms with van der Waals surface area (Å²) in [6.45, 7) is 0.181. The third-order valence-electron chi connectivity index (χ3n) is 2.80. The Bertz CT molecular complexity index is 616. The topological polar surface area (TPSA) is 47.6 Å². The zero-order valence-corrected chi connectivity index (χ0v) is 11.6. The molecule has 2 aromatic carbocycles. The third-order valence-corrected chi connectivity index (χ3v) is 2.80. The Kier molecular flexibility index (Phi) is 5.15. The first-order valence-electron chi connectivity index (χ1n) is 6.51. The van der Waals surface area contributed by atoms with Crippen molar-refractivity contribution in [3.05, 3.63) is 54.3 Å². The van der Waals surface area contributed by atoms with Crippen LogP contribution in [0.5, 0.6) is 11.5 Å². The molecule has 0 spiro atoms. The minimum absolute atomic E-state index is 0.117. The van der Waals surface area contributed by atoms with Gasteiger partial charge in [-0.1, -0.05) is 24.3 Å². The summed E-state index contributed by atoms with van der Waals surface area (Å²) >= 11 is 0. The predicted octanol–water partition coefficient (Wildman–Crippen LogP) is 3.24. The number of ether oxygens (including phenoxy) is 2. The first-order chi connectivity index (χ1) is 10.2. The average molecular weight is 289 g/mol. The second kappa shape index (κ2) is 7.28. The molecular formula is C16H16FNO3. The Balaban J connectivity index is 1.83. The number of benzene rings is 2. The number of halogens is 1. The fraction of sp³-hybridized carbons (Fsp3) is 0.188. The zero-order valence-electron chi connectivity index (χ0n) is 11.6. The summed E-state index contributed by atoms with van der Waals surface area (Å²) in [5.74, 6) is 0.400. The van der Waals surface area contributed by atoms with Gasteiger partial charge < -0.3 is 14.8 Å². The van der Waals surface area contributed by atoms with Crippen LogP contribution in [0.3, 0.4) is 0 Å². The SMILES string of the molecule is COc1ccccc1OCCC(=O)Nc1ccccc1F. The maximum Gasteiger partial charge on any atom is 0.227 e. The minimum atomic E-state index is -0.462. The van der Waals surface area contributed by atoms with Crippen molar-refractivity contribution in [2.75, 3.05) is 19.0 Å². The second-order valence-electron chi connectivity index (χ2n) is 4.28. The van der Waals surface area contributed by atoms with Crippen LogP contribution in [-0.2, 0) is 4.79 Å². The molecule has 21 heavy (non-hydrogen) atoms. The number of hydrogen-bond acceptors (Lipinski definition) is 3. The highest BCUT2D eigenvalue weighted by Gasteiger charge is 2.08. The summed E-state index contributed by atoms with van der Waals surface area (Å²) in [7, 11) is 1.55. The Morgan fingerprint density at radius 3 is 2.48 bits per heavy atom. The maximum atomic E-state index is 13.4. The van der Waals surface area contributed by atoms with Crippen molar-refractivity contribution in [2.45, 2.75) is 6.42 Å². The molecule has 0 heterocycles. The van der Waals surface area contributed by atoms with Crippen LogP contribution >= 0.6 is 0 Å². The molecule has 0 saturated heterocycles. The van der Waals surface area contributed by atoms with Crippen LogP contribution in [0.1, 0.15) is 6.42 Å². The van der Waals surface area contributed by atoms with Crippen LogP contribution < -0.4 is 14.8 Å². The summed E-state index contributed by atoms with van der Waals surface area (Å²) < 4.78 is 24.0. The molecule has 0 unspecified atom stereocenters. The van der Waals surface area contributed by atoms with E-state index in [1.54, 1.807) is 31.4 Å². The lowest BCUT2D eigenvalue weighted by molar-refractivity contribution is -0.116. The van der Waals surface area contributed by atoms with Gasteiger partial charge in [0.1, 0.15) is 5.82 Å². The summed E-state index contributed by atoms with van der Waals surface area (Å²) in [5, 5.41) is 2.50. The van der Waals surface area contributed by atoms with E-state index in [2.05, 4.69) is 5.32 Å². The van der Waals surface area contributed by atoms with Gasteiger partial charge in [-0.15, -0.1) is 0 Å². The molecule has 0 radical (unpaired) electrons. The zero-order chi connectivity index (χ0) is 15.1. The van der Waals surface area contributed by atoms with Gasteiger partial charge in [-0.2, -0.15) is 0 Å². The Hall–Kier alpha value is -2.56. The smallest absolute Gasteiger partial charge is 0.227 e. The molecule has 1 amide bonds. The summed E-state index contributed by atoms with van der Waals surface area (Å²) in [6.07, 6.45) is 0.117. The number of hydrogen-bond donors (Lipinski definition) is 1. The van der Waals surface area contributed by atoms with Crippen LogP contribution in [-0.4, -0.2) is 19.6 Å².